The van der Waals surface area contributed by atoms with Crippen LogP contribution in [0.4, 0.5) is 0 Å². The van der Waals surface area contributed by atoms with Gasteiger partial charge in [0.25, 0.3) is 0 Å². The molecule has 0 fully saturated rings. The predicted octanol–water partition coefficient (Wildman–Crippen LogP) is 0.129. The summed E-state index contributed by atoms with van der Waals surface area (Å²) < 4.78 is 8.00. The van der Waals surface area contributed by atoms with Gasteiger partial charge in [-0.25, -0.2) is 0 Å². The molecule has 0 radical (unpaired) electrons. The Bertz CT molecular complexity index is 20.9. The molecular weight excluding hydrogens is 118 g/mol. The normalized spacial score (nSPS) is 3.40. The van der Waals surface area contributed by atoms with E-state index in [1.165, 1.54) is 0 Å². The van der Waals surface area contributed by atoms with Crippen LogP contribution in [-0.4, -0.2) is 0 Å². The summed E-state index contributed by atoms with van der Waals surface area (Å²) in [4.78, 5) is 8.00. The van der Waals surface area contributed by atoms with E-state index in [0.717, 1.165) is 5.34 Å². The van der Waals surface area contributed by atoms with Crippen molar-refractivity contribution in [1.29, 1.82) is 0 Å². The van der Waals surface area contributed by atoms with Gasteiger partial charge in [0.1, 0.15) is 0 Å². The second-order valence-corrected chi connectivity index (χ2v) is 0.0745. The standard InChI is InChI=1S/Fe.HNO2.O/c;2-1-3;/h;(H,2,3);/p-1. The fourth-order valence-electron chi connectivity index (χ4n) is 0. The molecule has 0 heterocycles. The number of hydrogen-bond donors (Lipinski definition) is 0. The number of rotatable bonds is 0. The molecule has 0 bridgehead atoms. The average Bonchev–Trinajstić information content (AvgIpc) is 1.46. The Morgan fingerprint density at radius 1 is 1.60 bits per heavy atom. The van der Waals surface area contributed by atoms with E-state index in [4.69, 9.17) is 13.9 Å². The molecule has 0 saturated carbocycles. The van der Waals surface area contributed by atoms with Crippen LogP contribution in [0.25, 0.3) is 0 Å². The molecule has 0 N–H and O–H groups in total. The zero-order valence-corrected chi connectivity index (χ0v) is 3.13. The topological polar surface area (TPSA) is 69.6 Å². The molecule has 0 atom stereocenters. The van der Waals surface area contributed by atoms with Gasteiger partial charge in [0.05, 0.1) is 0 Å². The van der Waals surface area contributed by atoms with Gasteiger partial charge in [-0.2, -0.15) is 0 Å². The van der Waals surface area contributed by atoms with Crippen molar-refractivity contribution in [1.82, 2.24) is 0 Å². The first-order valence-electron chi connectivity index (χ1n) is 0.509. The SMILES string of the molecule is O=N[O-].[O]=[Fe]. The van der Waals surface area contributed by atoms with Crippen molar-refractivity contribution in [2.24, 2.45) is 5.34 Å². The van der Waals surface area contributed by atoms with Gasteiger partial charge in [0, 0.05) is 0 Å². The van der Waals surface area contributed by atoms with Gasteiger partial charge < -0.3 is 10.1 Å². The molecule has 0 aliphatic rings. The Labute approximate surface area is 36.1 Å². The van der Waals surface area contributed by atoms with E-state index in [1.54, 1.807) is 0 Å². The molecule has 4 nitrogen and oxygen atoms in total. The van der Waals surface area contributed by atoms with Crippen molar-refractivity contribution in [2.75, 3.05) is 0 Å². The molecule has 0 amide bonds. The van der Waals surface area contributed by atoms with Crippen LogP contribution in [0.1, 0.15) is 0 Å². The Kier molecular flexibility index (Phi) is 93.8. The fraction of sp³-hybridized carbons (Fsp3) is 0. The third-order valence-electron chi connectivity index (χ3n) is 0. The zero-order chi connectivity index (χ0) is 4.71. The third-order valence-corrected chi connectivity index (χ3v) is 0. The van der Waals surface area contributed by atoms with Crippen LogP contribution in [0.5, 0.6) is 0 Å². The van der Waals surface area contributed by atoms with Crippen LogP contribution < -0.4 is 0 Å². The first-order valence-corrected chi connectivity index (χ1v) is 0.960. The molecule has 5 heteroatoms. The predicted molar refractivity (Wildman–Crippen MR) is 9.85 cm³/mol. The average molecular weight is 118 g/mol. The van der Waals surface area contributed by atoms with Gasteiger partial charge in [-0.15, -0.1) is 5.34 Å². The Balaban J connectivity index is 0. The van der Waals surface area contributed by atoms with Crippen molar-refractivity contribution in [3.05, 3.63) is 10.1 Å². The van der Waals surface area contributed by atoms with E-state index >= 15 is 0 Å². The van der Waals surface area contributed by atoms with E-state index in [0.29, 0.717) is 0 Å². The van der Waals surface area contributed by atoms with Crippen molar-refractivity contribution < 1.29 is 19.8 Å². The van der Waals surface area contributed by atoms with Gasteiger partial charge in [-0.3, -0.25) is 0 Å². The minimum absolute atomic E-state index is 1.00. The second kappa shape index (κ2) is 53.1. The molecule has 0 aliphatic heterocycles. The van der Waals surface area contributed by atoms with Crippen LogP contribution in [-0.2, 0) is 19.8 Å². The summed E-state index contributed by atoms with van der Waals surface area (Å²) >= 11 is 2.00. The van der Waals surface area contributed by atoms with Crippen LogP contribution in [0.2, 0.25) is 0 Å². The fourth-order valence-corrected chi connectivity index (χ4v) is 0. The van der Waals surface area contributed by atoms with Gasteiger partial charge >= 0.3 is 19.8 Å². The summed E-state index contributed by atoms with van der Waals surface area (Å²) in [7, 11) is 0. The maximum atomic E-state index is 8.00. The Morgan fingerprint density at radius 2 is 1.60 bits per heavy atom. The molecule has 32 valence electrons. The second-order valence-electron chi connectivity index (χ2n) is 0.0745. The van der Waals surface area contributed by atoms with E-state index in [2.05, 4.69) is 0 Å². The summed E-state index contributed by atoms with van der Waals surface area (Å²) in [6.07, 6.45) is 0. The van der Waals surface area contributed by atoms with Crippen LogP contribution in [0.3, 0.4) is 0 Å². The van der Waals surface area contributed by atoms with E-state index in [9.17, 15) is 0 Å². The van der Waals surface area contributed by atoms with E-state index in [-0.39, 0.29) is 0 Å². The molecular formula is FeNO3-. The van der Waals surface area contributed by atoms with Crippen LogP contribution in [0, 0.1) is 10.1 Å². The van der Waals surface area contributed by atoms with Gasteiger partial charge in [0.2, 0.25) is 0 Å². The molecule has 0 saturated heterocycles. The zero-order valence-electron chi connectivity index (χ0n) is 2.03. The van der Waals surface area contributed by atoms with Crippen molar-refractivity contribution in [3.8, 4) is 0 Å². The number of nitrogens with zero attached hydrogens (tertiary/aromatic N) is 1. The Hall–Kier alpha value is -0.281. The molecule has 0 unspecified atom stereocenters. The van der Waals surface area contributed by atoms with Crippen molar-refractivity contribution in [3.63, 3.8) is 0 Å². The van der Waals surface area contributed by atoms with Gasteiger partial charge in [-0.1, -0.05) is 0 Å². The summed E-state index contributed by atoms with van der Waals surface area (Å²) in [5, 5.41) is 9.00. The summed E-state index contributed by atoms with van der Waals surface area (Å²) in [6, 6.07) is 0. The number of hydrogen-bond acceptors (Lipinski definition) is 4. The maximum absolute atomic E-state index is 8.00. The van der Waals surface area contributed by atoms with Crippen LogP contribution >= 0.6 is 0 Å². The van der Waals surface area contributed by atoms with E-state index < -0.39 is 0 Å². The summed E-state index contributed by atoms with van der Waals surface area (Å²) in [5.41, 5.74) is 0. The monoisotopic (exact) mass is 118 g/mol. The summed E-state index contributed by atoms with van der Waals surface area (Å²) in [6.45, 7) is 0. The minimum atomic E-state index is 1.00. The molecule has 5 heavy (non-hydrogen) atoms. The van der Waals surface area contributed by atoms with E-state index in [1.807, 2.05) is 15.9 Å². The van der Waals surface area contributed by atoms with Gasteiger partial charge in [0.15, 0.2) is 0 Å². The molecule has 0 rings (SSSR count). The first-order chi connectivity index (χ1) is 2.41. The molecule has 0 spiro atoms. The summed E-state index contributed by atoms with van der Waals surface area (Å²) in [5.74, 6) is 0. The first kappa shape index (κ1) is 8.83. The molecule has 0 aliphatic carbocycles. The quantitative estimate of drug-likeness (QED) is 0.257. The van der Waals surface area contributed by atoms with Crippen molar-refractivity contribution >= 4 is 0 Å². The molecule has 0 aromatic rings. The molecule has 0 aromatic carbocycles. The van der Waals surface area contributed by atoms with Gasteiger partial charge in [-0.05, 0) is 0 Å². The van der Waals surface area contributed by atoms with Crippen LogP contribution in [0.15, 0.2) is 5.34 Å². The third kappa shape index (κ3) is 140. The van der Waals surface area contributed by atoms with Crippen molar-refractivity contribution in [2.45, 2.75) is 0 Å². The Morgan fingerprint density at radius 3 is 1.60 bits per heavy atom. The molecule has 0 aromatic heterocycles.